The molecule has 0 fully saturated rings. The number of anilines is 1. The first-order valence-corrected chi connectivity index (χ1v) is 5.96. The number of benzene rings is 1. The minimum absolute atomic E-state index is 0.0263. The molecule has 0 unspecified atom stereocenters. The molecule has 0 saturated heterocycles. The summed E-state index contributed by atoms with van der Waals surface area (Å²) in [6.07, 6.45) is 0. The van der Waals surface area contributed by atoms with Crippen LogP contribution in [0.5, 0.6) is 0 Å². The zero-order chi connectivity index (χ0) is 14.2. The summed E-state index contributed by atoms with van der Waals surface area (Å²) in [6, 6.07) is 6.52. The maximum absolute atomic E-state index is 11.9. The average Bonchev–Trinajstić information content (AvgIpc) is 2.33. The van der Waals surface area contributed by atoms with Crippen molar-refractivity contribution in [2.75, 3.05) is 5.73 Å². The third-order valence-electron chi connectivity index (χ3n) is 2.59. The number of nitriles is 1. The quantitative estimate of drug-likeness (QED) is 0.874. The second-order valence-electron chi connectivity index (χ2n) is 3.79. The van der Waals surface area contributed by atoms with Crippen LogP contribution in [0.3, 0.4) is 0 Å². The number of hydrogen-bond acceptors (Lipinski definition) is 4. The Morgan fingerprint density at radius 3 is 2.63 bits per heavy atom. The molecule has 2 rings (SSSR count). The number of aromatic nitrogens is 2. The Balaban J connectivity index is 2.79. The van der Waals surface area contributed by atoms with E-state index in [1.54, 1.807) is 13.0 Å². The third kappa shape index (κ3) is 2.28. The number of nitrogen functional groups attached to an aromatic ring is 1. The summed E-state index contributed by atoms with van der Waals surface area (Å²) in [5.74, 6) is 0.0263. The van der Waals surface area contributed by atoms with Gasteiger partial charge in [-0.25, -0.2) is 9.36 Å². The summed E-state index contributed by atoms with van der Waals surface area (Å²) in [5, 5.41) is 9.67. The molecule has 0 bridgehead atoms. The van der Waals surface area contributed by atoms with E-state index < -0.39 is 5.69 Å². The molecule has 1 heterocycles. The van der Waals surface area contributed by atoms with Gasteiger partial charge in [-0.05, 0) is 25.1 Å². The molecule has 19 heavy (non-hydrogen) atoms. The molecule has 96 valence electrons. The topological polar surface area (TPSA) is 84.7 Å². The van der Waals surface area contributed by atoms with Crippen LogP contribution in [0, 0.1) is 18.3 Å². The highest BCUT2D eigenvalue weighted by atomic mass is 35.5. The number of hydrogen-bond donors (Lipinski definition) is 1. The van der Waals surface area contributed by atoms with Gasteiger partial charge in [0, 0.05) is 0 Å². The Labute approximate surface area is 118 Å². The number of nitrogens with two attached hydrogens (primary N) is 1. The largest absolute Gasteiger partial charge is 0.384 e. The Hall–Kier alpha value is -2.03. The Bertz CT molecular complexity index is 762. The van der Waals surface area contributed by atoms with E-state index in [1.807, 2.05) is 6.07 Å². The van der Waals surface area contributed by atoms with Gasteiger partial charge in [-0.15, -0.1) is 0 Å². The predicted octanol–water partition coefficient (Wildman–Crippen LogP) is 2.30. The van der Waals surface area contributed by atoms with Crippen LogP contribution < -0.4 is 11.4 Å². The van der Waals surface area contributed by atoms with Crippen LogP contribution in [0.25, 0.3) is 5.69 Å². The van der Waals surface area contributed by atoms with Gasteiger partial charge < -0.3 is 5.73 Å². The molecule has 5 nitrogen and oxygen atoms in total. The Kier molecular flexibility index (Phi) is 3.47. The fraction of sp³-hybridized carbons (Fsp3) is 0.0833. The fourth-order valence-corrected chi connectivity index (χ4v) is 1.95. The lowest BCUT2D eigenvalue weighted by Gasteiger charge is -2.11. The highest BCUT2D eigenvalue weighted by Gasteiger charge is 2.14. The minimum atomic E-state index is -0.576. The van der Waals surface area contributed by atoms with Crippen molar-refractivity contribution in [1.29, 1.82) is 5.26 Å². The SMILES string of the molecule is Cc1nc(=O)n(-c2ccc(Cl)c(Cl)c2)c(N)c1C#N. The Morgan fingerprint density at radius 2 is 2.05 bits per heavy atom. The zero-order valence-corrected chi connectivity index (χ0v) is 11.3. The van der Waals surface area contributed by atoms with Crippen molar-refractivity contribution >= 4 is 29.0 Å². The summed E-state index contributed by atoms with van der Waals surface area (Å²) in [4.78, 5) is 15.7. The average molecular weight is 295 g/mol. The lowest BCUT2D eigenvalue weighted by molar-refractivity contribution is 0.900. The van der Waals surface area contributed by atoms with Gasteiger partial charge in [0.25, 0.3) is 0 Å². The molecular formula is C12H8Cl2N4O. The second kappa shape index (κ2) is 4.92. The smallest absolute Gasteiger partial charge is 0.354 e. The predicted molar refractivity (Wildman–Crippen MR) is 73.7 cm³/mol. The first kappa shape index (κ1) is 13.4. The lowest BCUT2D eigenvalue weighted by atomic mass is 10.2. The van der Waals surface area contributed by atoms with Crippen LogP contribution in [-0.2, 0) is 0 Å². The number of aryl methyl sites for hydroxylation is 1. The van der Waals surface area contributed by atoms with Gasteiger partial charge in [0.1, 0.15) is 17.5 Å². The fourth-order valence-electron chi connectivity index (χ4n) is 1.66. The Morgan fingerprint density at radius 1 is 1.37 bits per heavy atom. The van der Waals surface area contributed by atoms with Gasteiger partial charge in [0.15, 0.2) is 0 Å². The summed E-state index contributed by atoms with van der Waals surface area (Å²) >= 11 is 11.7. The maximum Gasteiger partial charge on any atom is 0.354 e. The second-order valence-corrected chi connectivity index (χ2v) is 4.60. The molecule has 0 spiro atoms. The summed E-state index contributed by atoms with van der Waals surface area (Å²) in [5.41, 5.74) is 6.12. The summed E-state index contributed by atoms with van der Waals surface area (Å²) in [6.45, 7) is 1.55. The van der Waals surface area contributed by atoms with Crippen molar-refractivity contribution in [3.63, 3.8) is 0 Å². The van der Waals surface area contributed by atoms with Crippen LogP contribution in [0.15, 0.2) is 23.0 Å². The van der Waals surface area contributed by atoms with E-state index in [1.165, 1.54) is 12.1 Å². The molecule has 0 aliphatic carbocycles. The summed E-state index contributed by atoms with van der Waals surface area (Å²) in [7, 11) is 0. The lowest BCUT2D eigenvalue weighted by Crippen LogP contribution is -2.26. The number of nitrogens with zero attached hydrogens (tertiary/aromatic N) is 3. The van der Waals surface area contributed by atoms with Gasteiger partial charge in [0.2, 0.25) is 0 Å². The standard InChI is InChI=1S/C12H8Cl2N4O/c1-6-8(5-15)11(16)18(12(19)17-6)7-2-3-9(13)10(14)4-7/h2-4H,16H2,1H3. The molecule has 2 N–H and O–H groups in total. The number of halogens is 2. The maximum atomic E-state index is 11.9. The molecule has 0 aliphatic rings. The van der Waals surface area contributed by atoms with Crippen LogP contribution in [0.4, 0.5) is 5.82 Å². The molecule has 1 aromatic heterocycles. The van der Waals surface area contributed by atoms with E-state index >= 15 is 0 Å². The van der Waals surface area contributed by atoms with Gasteiger partial charge in [0.05, 0.1) is 21.4 Å². The van der Waals surface area contributed by atoms with Crippen LogP contribution in [0.1, 0.15) is 11.3 Å². The van der Waals surface area contributed by atoms with Gasteiger partial charge >= 0.3 is 5.69 Å². The molecule has 0 amide bonds. The molecule has 1 aromatic carbocycles. The molecule has 7 heteroatoms. The van der Waals surface area contributed by atoms with Crippen molar-refractivity contribution in [3.05, 3.63) is 50.0 Å². The normalized spacial score (nSPS) is 10.2. The van der Waals surface area contributed by atoms with E-state index in [0.29, 0.717) is 16.4 Å². The van der Waals surface area contributed by atoms with Crippen molar-refractivity contribution in [3.8, 4) is 11.8 Å². The molecule has 0 atom stereocenters. The van der Waals surface area contributed by atoms with E-state index in [4.69, 9.17) is 34.2 Å². The third-order valence-corrected chi connectivity index (χ3v) is 3.33. The number of rotatable bonds is 1. The van der Waals surface area contributed by atoms with E-state index in [9.17, 15) is 4.79 Å². The monoisotopic (exact) mass is 294 g/mol. The molecule has 0 saturated carbocycles. The minimum Gasteiger partial charge on any atom is -0.384 e. The first-order chi connectivity index (χ1) is 8.95. The van der Waals surface area contributed by atoms with Gasteiger partial charge in [-0.2, -0.15) is 10.2 Å². The van der Waals surface area contributed by atoms with Gasteiger partial charge in [-0.1, -0.05) is 23.2 Å². The molecular weight excluding hydrogens is 287 g/mol. The molecule has 0 radical (unpaired) electrons. The van der Waals surface area contributed by atoms with Crippen molar-refractivity contribution in [2.45, 2.75) is 6.92 Å². The zero-order valence-electron chi connectivity index (χ0n) is 9.82. The van der Waals surface area contributed by atoms with Crippen molar-refractivity contribution in [2.24, 2.45) is 0 Å². The van der Waals surface area contributed by atoms with Crippen molar-refractivity contribution < 1.29 is 0 Å². The van der Waals surface area contributed by atoms with Crippen LogP contribution >= 0.6 is 23.2 Å². The van der Waals surface area contributed by atoms with E-state index in [-0.39, 0.29) is 16.4 Å². The highest BCUT2D eigenvalue weighted by molar-refractivity contribution is 6.42. The van der Waals surface area contributed by atoms with E-state index in [0.717, 1.165) is 4.57 Å². The summed E-state index contributed by atoms with van der Waals surface area (Å²) < 4.78 is 1.12. The molecule has 2 aromatic rings. The van der Waals surface area contributed by atoms with Crippen LogP contribution in [-0.4, -0.2) is 9.55 Å². The van der Waals surface area contributed by atoms with E-state index in [2.05, 4.69) is 4.98 Å². The van der Waals surface area contributed by atoms with Crippen LogP contribution in [0.2, 0.25) is 10.0 Å². The van der Waals surface area contributed by atoms with Gasteiger partial charge in [-0.3, -0.25) is 0 Å². The first-order valence-electron chi connectivity index (χ1n) is 5.20. The van der Waals surface area contributed by atoms with Crippen molar-refractivity contribution in [1.82, 2.24) is 9.55 Å². The molecule has 0 aliphatic heterocycles. The highest BCUT2D eigenvalue weighted by Crippen LogP contribution is 2.25.